The average Bonchev–Trinajstić information content (AvgIpc) is 3.26. The van der Waals surface area contributed by atoms with Crippen molar-refractivity contribution >= 4 is 17.9 Å². The summed E-state index contributed by atoms with van der Waals surface area (Å²) in [4.78, 5) is 15.3. The van der Waals surface area contributed by atoms with E-state index < -0.39 is 17.8 Å². The number of hydrogen-bond acceptors (Lipinski definition) is 5. The molecule has 0 radical (unpaired) electrons. The van der Waals surface area contributed by atoms with Crippen molar-refractivity contribution < 1.29 is 22.7 Å². The Balaban J connectivity index is 1.77. The fourth-order valence-electron chi connectivity index (χ4n) is 3.73. The lowest BCUT2D eigenvalue weighted by Crippen LogP contribution is -2.47. The van der Waals surface area contributed by atoms with Crippen molar-refractivity contribution in [2.24, 2.45) is 5.92 Å². The number of benzene rings is 1. The third-order valence-electron chi connectivity index (χ3n) is 5.80. The summed E-state index contributed by atoms with van der Waals surface area (Å²) in [7, 11) is 1.39. The minimum atomic E-state index is -4.48. The largest absolute Gasteiger partial charge is 0.496 e. The second kappa shape index (κ2) is 11.0. The molecule has 1 aliphatic rings. The van der Waals surface area contributed by atoms with Gasteiger partial charge in [0.15, 0.2) is 0 Å². The van der Waals surface area contributed by atoms with Crippen LogP contribution in [0.2, 0.25) is 0 Å². The number of alkyl halides is 3. The molecule has 0 bridgehead atoms. The molecule has 0 aliphatic carbocycles. The molecule has 2 heterocycles. The van der Waals surface area contributed by atoms with Gasteiger partial charge in [0.1, 0.15) is 17.5 Å². The van der Waals surface area contributed by atoms with Crippen molar-refractivity contribution in [2.45, 2.75) is 49.8 Å². The van der Waals surface area contributed by atoms with Crippen LogP contribution in [0, 0.1) is 17.2 Å². The van der Waals surface area contributed by atoms with Crippen LogP contribution in [0.4, 0.5) is 13.2 Å². The zero-order chi connectivity index (χ0) is 24.0. The molecule has 1 atom stereocenters. The van der Waals surface area contributed by atoms with Crippen molar-refractivity contribution in [2.75, 3.05) is 20.2 Å². The van der Waals surface area contributed by atoms with E-state index in [-0.39, 0.29) is 16.6 Å². The maximum atomic E-state index is 13.3. The molecule has 0 spiro atoms. The molecule has 10 heteroatoms. The summed E-state index contributed by atoms with van der Waals surface area (Å²) in [6.07, 6.45) is -0.496. The van der Waals surface area contributed by atoms with Crippen LogP contribution in [-0.2, 0) is 17.5 Å². The highest BCUT2D eigenvalue weighted by Gasteiger charge is 2.32. The maximum Gasteiger partial charge on any atom is 0.416 e. The van der Waals surface area contributed by atoms with Crippen molar-refractivity contribution in [3.8, 4) is 11.8 Å². The van der Waals surface area contributed by atoms with Gasteiger partial charge >= 0.3 is 6.18 Å². The second-order valence-corrected chi connectivity index (χ2v) is 9.01. The number of rotatable bonds is 8. The summed E-state index contributed by atoms with van der Waals surface area (Å²) in [6, 6.07) is 8.18. The monoisotopic (exact) mass is 480 g/mol. The number of hydrogen-bond donors (Lipinski definition) is 1. The van der Waals surface area contributed by atoms with Gasteiger partial charge in [0.2, 0.25) is 5.91 Å². The van der Waals surface area contributed by atoms with E-state index in [9.17, 15) is 23.2 Å². The zero-order valence-corrected chi connectivity index (χ0v) is 19.4. The minimum absolute atomic E-state index is 0.0917. The van der Waals surface area contributed by atoms with E-state index in [0.29, 0.717) is 37.7 Å². The van der Waals surface area contributed by atoms with E-state index in [4.69, 9.17) is 4.74 Å². The number of halogens is 3. The maximum absolute atomic E-state index is 13.3. The lowest BCUT2D eigenvalue weighted by molar-refractivity contribution is -0.138. The van der Waals surface area contributed by atoms with Gasteiger partial charge in [0.05, 0.1) is 23.6 Å². The van der Waals surface area contributed by atoms with Crippen LogP contribution < -0.4 is 9.46 Å². The first kappa shape index (κ1) is 25.0. The summed E-state index contributed by atoms with van der Waals surface area (Å²) >= 11 is 0.953. The lowest BCUT2D eigenvalue weighted by atomic mass is 9.98. The number of carbonyl (C=O) groups excluding carboxylic acids is 1. The first-order chi connectivity index (χ1) is 15.7. The number of nitrogens with zero attached hydrogens (tertiary/aromatic N) is 3. The third-order valence-corrected chi connectivity index (χ3v) is 6.74. The second-order valence-electron chi connectivity index (χ2n) is 8.13. The van der Waals surface area contributed by atoms with Crippen LogP contribution in [0.15, 0.2) is 41.4 Å². The van der Waals surface area contributed by atoms with Gasteiger partial charge in [-0.2, -0.15) is 18.4 Å². The highest BCUT2D eigenvalue weighted by atomic mass is 32.2. The predicted octanol–water partition coefficient (Wildman–Crippen LogP) is 4.70. The highest BCUT2D eigenvalue weighted by molar-refractivity contribution is 7.97. The number of methoxy groups -OCH3 is 1. The normalized spacial score (nSPS) is 15.8. The Labute approximate surface area is 195 Å². The lowest BCUT2D eigenvalue weighted by Gasteiger charge is -2.33. The van der Waals surface area contributed by atoms with E-state index in [2.05, 4.69) is 17.7 Å². The Morgan fingerprint density at radius 2 is 2.06 bits per heavy atom. The number of amides is 1. The van der Waals surface area contributed by atoms with Crippen LogP contribution in [-0.4, -0.2) is 41.6 Å². The van der Waals surface area contributed by atoms with Gasteiger partial charge in [-0.15, -0.1) is 0 Å². The smallest absolute Gasteiger partial charge is 0.416 e. The van der Waals surface area contributed by atoms with Gasteiger partial charge in [-0.25, -0.2) is 4.72 Å². The zero-order valence-electron chi connectivity index (χ0n) is 18.6. The summed E-state index contributed by atoms with van der Waals surface area (Å²) < 4.78 is 49.6. The quantitative estimate of drug-likeness (QED) is 0.555. The molecule has 3 rings (SSSR count). The number of likely N-dealkylation sites (tertiary alicyclic amines) is 1. The van der Waals surface area contributed by atoms with Crippen LogP contribution in [0.25, 0.3) is 0 Å². The van der Waals surface area contributed by atoms with Crippen LogP contribution >= 0.6 is 11.9 Å². The van der Waals surface area contributed by atoms with Gasteiger partial charge in [0, 0.05) is 25.8 Å². The van der Waals surface area contributed by atoms with E-state index in [0.717, 1.165) is 36.9 Å². The molecule has 2 aromatic rings. The Bertz CT molecular complexity index is 994. The number of piperidine rings is 1. The molecule has 0 saturated carbocycles. The fourth-order valence-corrected chi connectivity index (χ4v) is 4.65. The summed E-state index contributed by atoms with van der Waals surface area (Å²) in [6.45, 7) is 3.89. The highest BCUT2D eigenvalue weighted by Crippen LogP contribution is 2.36. The topological polar surface area (TPSA) is 70.3 Å². The molecule has 1 aliphatic heterocycles. The van der Waals surface area contributed by atoms with Gasteiger partial charge in [-0.3, -0.25) is 4.79 Å². The molecule has 1 aromatic heterocycles. The molecule has 1 N–H and O–H groups in total. The standard InChI is InChI=1S/C23H27F3N4O2S/c1-16-7-11-30(12-8-16)22(31)19(9-13-29-10-3-4-18(29)15-27)28-33-21-14-17(23(24,25)26)5-6-20(21)32-2/h3-6,10,14,16,19,28H,7-9,11-13H2,1-2H3. The third kappa shape index (κ3) is 6.45. The summed E-state index contributed by atoms with van der Waals surface area (Å²) in [5.74, 6) is 0.754. The van der Waals surface area contributed by atoms with E-state index in [1.54, 1.807) is 22.9 Å². The molecule has 1 unspecified atom stereocenters. The molecular weight excluding hydrogens is 453 g/mol. The molecule has 178 valence electrons. The number of aryl methyl sites for hydroxylation is 1. The average molecular weight is 481 g/mol. The number of carbonyl (C=O) groups is 1. The molecule has 1 amide bonds. The van der Waals surface area contributed by atoms with Gasteiger partial charge in [-0.05, 0) is 67.5 Å². The molecule has 1 saturated heterocycles. The van der Waals surface area contributed by atoms with Crippen molar-refractivity contribution in [1.82, 2.24) is 14.2 Å². The summed E-state index contributed by atoms with van der Waals surface area (Å²) in [5, 5.41) is 9.24. The fraction of sp³-hybridized carbons (Fsp3) is 0.478. The van der Waals surface area contributed by atoms with Gasteiger partial charge < -0.3 is 14.2 Å². The molecule has 1 fully saturated rings. The SMILES string of the molecule is COc1ccc(C(F)(F)F)cc1SNC(CCn1cccc1C#N)C(=O)N1CCC(C)CC1. The van der Waals surface area contributed by atoms with Crippen LogP contribution in [0.5, 0.6) is 5.75 Å². The first-order valence-corrected chi connectivity index (χ1v) is 11.6. The predicted molar refractivity (Wildman–Crippen MR) is 120 cm³/mol. The Hall–Kier alpha value is -2.64. The van der Waals surface area contributed by atoms with E-state index in [1.807, 2.05) is 4.90 Å². The van der Waals surface area contributed by atoms with Crippen molar-refractivity contribution in [3.05, 3.63) is 47.8 Å². The van der Waals surface area contributed by atoms with Gasteiger partial charge in [0.25, 0.3) is 0 Å². The molecular formula is C23H27F3N4O2S. The van der Waals surface area contributed by atoms with E-state index >= 15 is 0 Å². The molecule has 6 nitrogen and oxygen atoms in total. The van der Waals surface area contributed by atoms with E-state index in [1.165, 1.54) is 13.2 Å². The van der Waals surface area contributed by atoms with Gasteiger partial charge in [-0.1, -0.05) is 6.92 Å². The molecule has 1 aromatic carbocycles. The minimum Gasteiger partial charge on any atom is -0.496 e. The van der Waals surface area contributed by atoms with Crippen LogP contribution in [0.1, 0.15) is 37.4 Å². The Kier molecular flexibility index (Phi) is 8.32. The van der Waals surface area contributed by atoms with Crippen molar-refractivity contribution in [3.63, 3.8) is 0 Å². The number of aromatic nitrogens is 1. The summed E-state index contributed by atoms with van der Waals surface area (Å²) in [5.41, 5.74) is -0.299. The number of ether oxygens (including phenoxy) is 1. The van der Waals surface area contributed by atoms with Crippen molar-refractivity contribution in [1.29, 1.82) is 5.26 Å². The Morgan fingerprint density at radius 1 is 1.33 bits per heavy atom. The Morgan fingerprint density at radius 3 is 2.70 bits per heavy atom. The number of nitrogens with one attached hydrogen (secondary N) is 1. The number of nitriles is 1. The first-order valence-electron chi connectivity index (χ1n) is 10.7. The van der Waals surface area contributed by atoms with Crippen LogP contribution in [0.3, 0.4) is 0 Å². The molecule has 33 heavy (non-hydrogen) atoms.